The number of aromatic nitrogens is 3. The van der Waals surface area contributed by atoms with Crippen molar-refractivity contribution >= 4 is 34.7 Å². The van der Waals surface area contributed by atoms with Gasteiger partial charge in [0.05, 0.1) is 24.8 Å². The molecule has 1 atom stereocenters. The number of methoxy groups -OCH3 is 1. The Morgan fingerprint density at radius 3 is 2.76 bits per heavy atom. The van der Waals surface area contributed by atoms with Crippen LogP contribution in [0.4, 0.5) is 0 Å². The zero-order valence-electron chi connectivity index (χ0n) is 13.6. The van der Waals surface area contributed by atoms with Gasteiger partial charge in [-0.15, -0.1) is 11.3 Å². The molecule has 3 aromatic rings. The van der Waals surface area contributed by atoms with Crippen molar-refractivity contribution in [3.05, 3.63) is 56.2 Å². The highest BCUT2D eigenvalue weighted by molar-refractivity contribution is 7.99. The van der Waals surface area contributed by atoms with Crippen molar-refractivity contribution in [3.8, 4) is 17.0 Å². The van der Waals surface area contributed by atoms with Crippen molar-refractivity contribution in [2.24, 2.45) is 7.05 Å². The molecule has 0 amide bonds. The Morgan fingerprint density at radius 2 is 2.12 bits per heavy atom. The largest absolute Gasteiger partial charge is 0.465 e. The minimum absolute atomic E-state index is 0.0596. The van der Waals surface area contributed by atoms with E-state index in [4.69, 9.17) is 16.3 Å². The van der Waals surface area contributed by atoms with Gasteiger partial charge < -0.3 is 4.74 Å². The molecule has 4 rings (SSSR count). The Morgan fingerprint density at radius 1 is 1.36 bits per heavy atom. The maximum atomic E-state index is 13.4. The minimum atomic E-state index is -0.0722. The highest BCUT2D eigenvalue weighted by atomic mass is 35.5. The Balaban J connectivity index is 1.99. The lowest BCUT2D eigenvalue weighted by atomic mass is 10.1. The summed E-state index contributed by atoms with van der Waals surface area (Å²) in [5.74, 6) is 1.33. The molecule has 2 aromatic heterocycles. The van der Waals surface area contributed by atoms with Crippen molar-refractivity contribution in [1.82, 2.24) is 9.55 Å². The van der Waals surface area contributed by atoms with Gasteiger partial charge in [-0.3, -0.25) is 0 Å². The first-order valence-electron chi connectivity index (χ1n) is 7.63. The molecule has 0 N–H and O–H groups in total. The van der Waals surface area contributed by atoms with Crippen molar-refractivity contribution in [2.75, 3.05) is 12.9 Å². The summed E-state index contributed by atoms with van der Waals surface area (Å²) >= 11 is 9.05. The summed E-state index contributed by atoms with van der Waals surface area (Å²) in [6, 6.07) is 9.54. The third kappa shape index (κ3) is 2.67. The first-order valence-corrected chi connectivity index (χ1v) is 9.81. The SMILES string of the molecule is COc1c(-c2ccccc2)c(=O)n2c([n+]1C)SC[C@@H]2c1cnc(Cl)s1. The Bertz CT molecular complexity index is 1000. The molecular weight excluding hydrogens is 378 g/mol. The molecule has 0 aliphatic carbocycles. The minimum Gasteiger partial charge on any atom is -0.465 e. The molecule has 0 saturated carbocycles. The average Bonchev–Trinajstić information content (AvgIpc) is 3.25. The molecule has 0 spiro atoms. The van der Waals surface area contributed by atoms with Gasteiger partial charge in [-0.25, -0.2) is 9.78 Å². The summed E-state index contributed by atoms with van der Waals surface area (Å²) in [4.78, 5) is 18.5. The number of ether oxygens (including phenoxy) is 1. The zero-order chi connectivity index (χ0) is 17.6. The topological polar surface area (TPSA) is 48.0 Å². The Hall–Kier alpha value is -1.83. The summed E-state index contributed by atoms with van der Waals surface area (Å²) in [7, 11) is 3.52. The van der Waals surface area contributed by atoms with E-state index in [9.17, 15) is 4.79 Å². The molecule has 0 fully saturated rings. The second-order valence-electron chi connectivity index (χ2n) is 5.61. The summed E-state index contributed by atoms with van der Waals surface area (Å²) in [5.41, 5.74) is 1.35. The van der Waals surface area contributed by atoms with E-state index < -0.39 is 0 Å². The fraction of sp³-hybridized carbons (Fsp3) is 0.235. The first-order chi connectivity index (χ1) is 12.1. The first kappa shape index (κ1) is 16.6. The van der Waals surface area contributed by atoms with E-state index in [1.54, 1.807) is 25.1 Å². The van der Waals surface area contributed by atoms with E-state index in [1.807, 2.05) is 46.5 Å². The molecule has 0 saturated heterocycles. The molecule has 5 nitrogen and oxygen atoms in total. The molecule has 1 aromatic carbocycles. The highest BCUT2D eigenvalue weighted by Gasteiger charge is 2.39. The molecular formula is C17H15ClN3O2S2+. The third-order valence-electron chi connectivity index (χ3n) is 4.21. The predicted octanol–water partition coefficient (Wildman–Crippen LogP) is 3.15. The maximum Gasteiger partial charge on any atom is 0.350 e. The molecule has 0 unspecified atom stereocenters. The van der Waals surface area contributed by atoms with Gasteiger partial charge >= 0.3 is 10.7 Å². The van der Waals surface area contributed by atoms with Gasteiger partial charge in [0.2, 0.25) is 0 Å². The number of nitrogens with zero attached hydrogens (tertiary/aromatic N) is 3. The molecule has 25 heavy (non-hydrogen) atoms. The molecule has 1 aliphatic heterocycles. The Kier molecular flexibility index (Phi) is 4.31. The number of thioether (sulfide) groups is 1. The second-order valence-corrected chi connectivity index (χ2v) is 8.24. The normalized spacial score (nSPS) is 16.0. The van der Waals surface area contributed by atoms with Gasteiger partial charge in [0.1, 0.15) is 0 Å². The zero-order valence-corrected chi connectivity index (χ0v) is 16.0. The van der Waals surface area contributed by atoms with Crippen LogP contribution in [-0.4, -0.2) is 22.4 Å². The van der Waals surface area contributed by atoms with E-state index in [2.05, 4.69) is 4.98 Å². The lowest BCUT2D eigenvalue weighted by molar-refractivity contribution is -0.719. The summed E-state index contributed by atoms with van der Waals surface area (Å²) in [6.45, 7) is 0. The van der Waals surface area contributed by atoms with E-state index in [1.165, 1.54) is 11.3 Å². The van der Waals surface area contributed by atoms with Gasteiger partial charge in [-0.2, -0.15) is 9.13 Å². The number of rotatable bonds is 3. The summed E-state index contributed by atoms with van der Waals surface area (Å²) < 4.78 is 9.85. The molecule has 0 radical (unpaired) electrons. The number of hydrogen-bond donors (Lipinski definition) is 0. The lowest BCUT2D eigenvalue weighted by Crippen LogP contribution is -2.42. The van der Waals surface area contributed by atoms with E-state index in [-0.39, 0.29) is 11.6 Å². The van der Waals surface area contributed by atoms with E-state index >= 15 is 0 Å². The number of benzene rings is 1. The van der Waals surface area contributed by atoms with Gasteiger partial charge in [0, 0.05) is 6.20 Å². The lowest BCUT2D eigenvalue weighted by Gasteiger charge is -2.12. The fourth-order valence-corrected chi connectivity index (χ4v) is 5.52. The number of hydrogen-bond acceptors (Lipinski definition) is 5. The van der Waals surface area contributed by atoms with Crippen molar-refractivity contribution in [3.63, 3.8) is 0 Å². The van der Waals surface area contributed by atoms with Gasteiger partial charge in [-0.1, -0.05) is 41.9 Å². The summed E-state index contributed by atoms with van der Waals surface area (Å²) in [5, 5.41) is 0.871. The fourth-order valence-electron chi connectivity index (χ4n) is 3.10. The molecule has 8 heteroatoms. The highest BCUT2D eigenvalue weighted by Crippen LogP contribution is 2.38. The van der Waals surface area contributed by atoms with Crippen LogP contribution in [0, 0.1) is 0 Å². The molecule has 1 aliphatic rings. The molecule has 3 heterocycles. The standard InChI is InChI=1S/C17H15ClN3O2S2/c1-20-15(23-2)13(10-6-4-3-5-7-10)14(22)21-11(9-24-17(20)21)12-8-19-16(18)25-12/h3-8,11H,9H2,1-2H3/q+1/t11-/m1/s1. The quantitative estimate of drug-likeness (QED) is 0.507. The molecule has 0 bridgehead atoms. The molecule has 128 valence electrons. The van der Waals surface area contributed by atoms with E-state index in [0.717, 1.165) is 21.3 Å². The monoisotopic (exact) mass is 392 g/mol. The van der Waals surface area contributed by atoms with Crippen LogP contribution in [-0.2, 0) is 7.05 Å². The van der Waals surface area contributed by atoms with Gasteiger partial charge in [0.15, 0.2) is 16.1 Å². The number of thiazole rings is 1. The predicted molar refractivity (Wildman–Crippen MR) is 99.9 cm³/mol. The van der Waals surface area contributed by atoms with Crippen LogP contribution in [0.15, 0.2) is 46.5 Å². The van der Waals surface area contributed by atoms with Crippen LogP contribution in [0.3, 0.4) is 0 Å². The van der Waals surface area contributed by atoms with Crippen LogP contribution in [0.25, 0.3) is 11.1 Å². The van der Waals surface area contributed by atoms with Crippen LogP contribution >= 0.6 is 34.7 Å². The number of halogens is 1. The van der Waals surface area contributed by atoms with Crippen LogP contribution in [0.5, 0.6) is 5.88 Å². The van der Waals surface area contributed by atoms with Crippen LogP contribution in [0.1, 0.15) is 10.9 Å². The Labute approximate surface area is 157 Å². The van der Waals surface area contributed by atoms with Crippen molar-refractivity contribution in [1.29, 1.82) is 0 Å². The van der Waals surface area contributed by atoms with Crippen molar-refractivity contribution in [2.45, 2.75) is 11.2 Å². The maximum absolute atomic E-state index is 13.4. The smallest absolute Gasteiger partial charge is 0.350 e. The number of fused-ring (bicyclic) bond motifs is 1. The third-order valence-corrected chi connectivity index (χ3v) is 6.63. The average molecular weight is 393 g/mol. The van der Waals surface area contributed by atoms with Crippen LogP contribution < -0.4 is 14.9 Å². The van der Waals surface area contributed by atoms with Gasteiger partial charge in [0.25, 0.3) is 5.88 Å². The summed E-state index contributed by atoms with van der Waals surface area (Å²) in [6.07, 6.45) is 1.76. The van der Waals surface area contributed by atoms with E-state index in [0.29, 0.717) is 15.9 Å². The van der Waals surface area contributed by atoms with Crippen molar-refractivity contribution < 1.29 is 9.30 Å². The van der Waals surface area contributed by atoms with Crippen LogP contribution in [0.2, 0.25) is 4.47 Å². The van der Waals surface area contributed by atoms with Gasteiger partial charge in [-0.05, 0) is 17.3 Å². The second kappa shape index (κ2) is 6.48.